The van der Waals surface area contributed by atoms with Crippen molar-refractivity contribution in [1.29, 1.82) is 0 Å². The number of hydrogen-bond acceptors (Lipinski definition) is 4. The normalized spacial score (nSPS) is 22.0. The molecule has 0 aromatic heterocycles. The molecule has 4 nitrogen and oxygen atoms in total. The Morgan fingerprint density at radius 2 is 2.38 bits per heavy atom. The molecule has 1 aliphatic carbocycles. The van der Waals surface area contributed by atoms with E-state index in [1.807, 2.05) is 0 Å². The number of methoxy groups -OCH3 is 1. The molecule has 21 heavy (non-hydrogen) atoms. The summed E-state index contributed by atoms with van der Waals surface area (Å²) in [6.07, 6.45) is 2.96. The van der Waals surface area contributed by atoms with Crippen LogP contribution in [0.5, 0.6) is 0 Å². The van der Waals surface area contributed by atoms with E-state index in [-0.39, 0.29) is 17.5 Å². The number of halogens is 1. The van der Waals surface area contributed by atoms with Gasteiger partial charge in [-0.25, -0.2) is 9.18 Å². The molecule has 0 aliphatic heterocycles. The van der Waals surface area contributed by atoms with Crippen molar-refractivity contribution in [3.8, 4) is 0 Å². The Morgan fingerprint density at radius 1 is 1.62 bits per heavy atom. The van der Waals surface area contributed by atoms with Gasteiger partial charge < -0.3 is 15.2 Å². The van der Waals surface area contributed by atoms with E-state index < -0.39 is 17.9 Å². The van der Waals surface area contributed by atoms with Gasteiger partial charge in [0.15, 0.2) is 0 Å². The van der Waals surface area contributed by atoms with Gasteiger partial charge in [-0.15, -0.1) is 6.58 Å². The molecule has 3 atom stereocenters. The number of nitrogens with one attached hydrogen (secondary N) is 1. The smallest absolute Gasteiger partial charge is 0.337 e. The highest BCUT2D eigenvalue weighted by molar-refractivity contribution is 5.90. The van der Waals surface area contributed by atoms with Crippen LogP contribution in [0.4, 0.5) is 10.1 Å². The number of ether oxygens (including phenoxy) is 1. The summed E-state index contributed by atoms with van der Waals surface area (Å²) in [4.78, 5) is 11.4. The van der Waals surface area contributed by atoms with Crippen LogP contribution in [-0.4, -0.2) is 30.8 Å². The van der Waals surface area contributed by atoms with E-state index >= 15 is 0 Å². The third kappa shape index (κ3) is 3.42. The number of carbonyl (C=O) groups is 1. The predicted octanol–water partition coefficient (Wildman–Crippen LogP) is 2.60. The number of benzene rings is 1. The van der Waals surface area contributed by atoms with E-state index in [1.165, 1.54) is 31.4 Å². The zero-order valence-electron chi connectivity index (χ0n) is 12.0. The van der Waals surface area contributed by atoms with E-state index in [4.69, 9.17) is 0 Å². The maximum atomic E-state index is 13.8. The van der Waals surface area contributed by atoms with E-state index in [0.717, 1.165) is 12.8 Å². The molecule has 0 saturated heterocycles. The molecule has 5 heteroatoms. The van der Waals surface area contributed by atoms with Crippen molar-refractivity contribution < 1.29 is 19.0 Å². The first kappa shape index (κ1) is 15.5. The standard InChI is InChI=1S/C16H20FNO3/c1-3-15(19)12-6-4-11(12)9-18-14-8-10(16(20)21-2)5-7-13(14)17/h3,5,7-8,11-12,15,18-19H,1,4,6,9H2,2H3/t11-,12+,15-/m0/s1. The van der Waals surface area contributed by atoms with E-state index in [2.05, 4.69) is 16.6 Å². The van der Waals surface area contributed by atoms with Crippen LogP contribution in [0.3, 0.4) is 0 Å². The minimum Gasteiger partial charge on any atom is -0.465 e. The van der Waals surface area contributed by atoms with Crippen molar-refractivity contribution in [3.63, 3.8) is 0 Å². The Hall–Kier alpha value is -1.88. The van der Waals surface area contributed by atoms with Crippen LogP contribution in [0.15, 0.2) is 30.9 Å². The zero-order chi connectivity index (χ0) is 15.4. The van der Waals surface area contributed by atoms with E-state index in [0.29, 0.717) is 12.1 Å². The predicted molar refractivity (Wildman–Crippen MR) is 78.6 cm³/mol. The molecule has 0 radical (unpaired) electrons. The molecule has 114 valence electrons. The summed E-state index contributed by atoms with van der Waals surface area (Å²) in [5.41, 5.74) is 0.578. The van der Waals surface area contributed by atoms with Gasteiger partial charge in [-0.1, -0.05) is 6.08 Å². The van der Waals surface area contributed by atoms with Gasteiger partial charge in [0.25, 0.3) is 0 Å². The first-order valence-electron chi connectivity index (χ1n) is 6.99. The fourth-order valence-corrected chi connectivity index (χ4v) is 2.62. The molecule has 1 aromatic rings. The molecule has 1 saturated carbocycles. The minimum absolute atomic E-state index is 0.168. The van der Waals surface area contributed by atoms with Gasteiger partial charge in [0, 0.05) is 6.54 Å². The van der Waals surface area contributed by atoms with Crippen molar-refractivity contribution >= 4 is 11.7 Å². The lowest BCUT2D eigenvalue weighted by Crippen LogP contribution is -2.39. The number of aliphatic hydroxyl groups is 1. The highest BCUT2D eigenvalue weighted by atomic mass is 19.1. The molecule has 0 spiro atoms. The first-order valence-corrected chi connectivity index (χ1v) is 6.99. The Kier molecular flexibility index (Phi) is 4.96. The summed E-state index contributed by atoms with van der Waals surface area (Å²) < 4.78 is 18.4. The van der Waals surface area contributed by atoms with E-state index in [1.54, 1.807) is 0 Å². The van der Waals surface area contributed by atoms with Crippen LogP contribution in [-0.2, 0) is 4.74 Å². The second-order valence-corrected chi connectivity index (χ2v) is 5.29. The largest absolute Gasteiger partial charge is 0.465 e. The van der Waals surface area contributed by atoms with Crippen LogP contribution >= 0.6 is 0 Å². The lowest BCUT2D eigenvalue weighted by molar-refractivity contribution is 0.0496. The molecule has 1 fully saturated rings. The van der Waals surface area contributed by atoms with Gasteiger partial charge in [-0.05, 0) is 42.9 Å². The summed E-state index contributed by atoms with van der Waals surface area (Å²) in [6, 6.07) is 4.07. The van der Waals surface area contributed by atoms with E-state index in [9.17, 15) is 14.3 Å². The highest BCUT2D eigenvalue weighted by Crippen LogP contribution is 2.37. The number of esters is 1. The van der Waals surface area contributed by atoms with Gasteiger partial charge in [-0.2, -0.15) is 0 Å². The monoisotopic (exact) mass is 293 g/mol. The molecular weight excluding hydrogens is 273 g/mol. The number of anilines is 1. The lowest BCUT2D eigenvalue weighted by Gasteiger charge is -2.39. The second kappa shape index (κ2) is 6.72. The fraction of sp³-hybridized carbons (Fsp3) is 0.438. The second-order valence-electron chi connectivity index (χ2n) is 5.29. The summed E-state index contributed by atoms with van der Waals surface area (Å²) in [7, 11) is 1.29. The molecule has 2 rings (SSSR count). The van der Waals surface area contributed by atoms with Gasteiger partial charge in [0.05, 0.1) is 24.5 Å². The van der Waals surface area contributed by atoms with Crippen molar-refractivity contribution in [2.45, 2.75) is 18.9 Å². The Balaban J connectivity index is 2.00. The average Bonchev–Trinajstić information content (AvgIpc) is 2.47. The SMILES string of the molecule is C=C[C@H](O)[C@@H]1CC[C@H]1CNc1cc(C(=O)OC)ccc1F. The molecular formula is C16H20FNO3. The van der Waals surface area contributed by atoms with Crippen LogP contribution in [0.25, 0.3) is 0 Å². The van der Waals surface area contributed by atoms with Crippen LogP contribution < -0.4 is 5.32 Å². The summed E-state index contributed by atoms with van der Waals surface area (Å²) in [5, 5.41) is 12.8. The average molecular weight is 293 g/mol. The molecule has 0 bridgehead atoms. The maximum absolute atomic E-state index is 13.8. The molecule has 1 aliphatic rings. The lowest BCUT2D eigenvalue weighted by atomic mass is 9.70. The maximum Gasteiger partial charge on any atom is 0.337 e. The van der Waals surface area contributed by atoms with Crippen molar-refractivity contribution in [2.75, 3.05) is 19.0 Å². The molecule has 0 heterocycles. The quantitative estimate of drug-likeness (QED) is 0.625. The fourth-order valence-electron chi connectivity index (χ4n) is 2.62. The Morgan fingerprint density at radius 3 is 2.95 bits per heavy atom. The minimum atomic E-state index is -0.517. The van der Waals surface area contributed by atoms with Gasteiger partial charge in [0.2, 0.25) is 0 Å². The molecule has 1 aromatic carbocycles. The summed E-state index contributed by atoms with van der Waals surface area (Å²) in [5.74, 6) is -0.467. The van der Waals surface area contributed by atoms with Gasteiger partial charge in [0.1, 0.15) is 5.82 Å². The summed E-state index contributed by atoms with van der Waals surface area (Å²) >= 11 is 0. The zero-order valence-corrected chi connectivity index (χ0v) is 12.0. The molecule has 0 amide bonds. The van der Waals surface area contributed by atoms with Crippen LogP contribution in [0.2, 0.25) is 0 Å². The Labute approximate surface area is 123 Å². The third-order valence-corrected chi connectivity index (χ3v) is 4.10. The third-order valence-electron chi connectivity index (χ3n) is 4.10. The highest BCUT2D eigenvalue weighted by Gasteiger charge is 2.34. The van der Waals surface area contributed by atoms with Crippen molar-refractivity contribution in [1.82, 2.24) is 0 Å². The first-order chi connectivity index (χ1) is 10.1. The number of aliphatic hydroxyl groups excluding tert-OH is 1. The van der Waals surface area contributed by atoms with Gasteiger partial charge in [-0.3, -0.25) is 0 Å². The molecule has 2 N–H and O–H groups in total. The van der Waals surface area contributed by atoms with Gasteiger partial charge >= 0.3 is 5.97 Å². The van der Waals surface area contributed by atoms with Crippen LogP contribution in [0, 0.1) is 17.7 Å². The number of hydrogen-bond donors (Lipinski definition) is 2. The molecule has 0 unspecified atom stereocenters. The van der Waals surface area contributed by atoms with Crippen LogP contribution in [0.1, 0.15) is 23.2 Å². The Bertz CT molecular complexity index is 532. The number of carbonyl (C=O) groups excluding carboxylic acids is 1. The topological polar surface area (TPSA) is 58.6 Å². The number of rotatable bonds is 6. The van der Waals surface area contributed by atoms with Crippen molar-refractivity contribution in [2.24, 2.45) is 11.8 Å². The van der Waals surface area contributed by atoms with Crippen molar-refractivity contribution in [3.05, 3.63) is 42.2 Å². The summed E-state index contributed by atoms with van der Waals surface area (Å²) in [6.45, 7) is 4.14.